The Balaban J connectivity index is 1.38. The number of nitrogens with zero attached hydrogens (tertiary/aromatic N) is 1. The van der Waals surface area contributed by atoms with E-state index >= 15 is 0 Å². The maximum Gasteiger partial charge on any atom is 0.260 e. The van der Waals surface area contributed by atoms with Crippen molar-refractivity contribution in [3.63, 3.8) is 0 Å². The van der Waals surface area contributed by atoms with Gasteiger partial charge in [-0.1, -0.05) is 29.3 Å². The molecule has 2 aromatic rings. The Bertz CT molecular complexity index is 1010. The Morgan fingerprint density at radius 3 is 2.57 bits per heavy atom. The lowest BCUT2D eigenvalue weighted by atomic mass is 9.82. The molecule has 0 aromatic heterocycles. The van der Waals surface area contributed by atoms with Crippen molar-refractivity contribution >= 4 is 34.9 Å². The molecule has 2 aliphatic heterocycles. The second kappa shape index (κ2) is 8.12. The molecule has 0 unspecified atom stereocenters. The zero-order valence-corrected chi connectivity index (χ0v) is 18.5. The Morgan fingerprint density at radius 1 is 1.13 bits per heavy atom. The second-order valence-electron chi connectivity index (χ2n) is 8.06. The number of rotatable bonds is 3. The van der Waals surface area contributed by atoms with Gasteiger partial charge in [0.05, 0.1) is 17.0 Å². The van der Waals surface area contributed by atoms with Gasteiger partial charge in [-0.3, -0.25) is 9.59 Å². The highest BCUT2D eigenvalue weighted by atomic mass is 35.5. The van der Waals surface area contributed by atoms with Crippen molar-refractivity contribution in [3.05, 3.63) is 57.1 Å². The number of likely N-dealkylation sites (tertiary alicyclic amines) is 1. The summed E-state index contributed by atoms with van der Waals surface area (Å²) in [6, 6.07) is 8.96. The minimum Gasteiger partial charge on any atom is -0.484 e. The Hall–Kier alpha value is -2.24. The standard InChI is InChI=1S/C23H23Cl2NO4/c1-14-3-4-17(9-15(14)2)29-13-21(28)26-7-5-23(6-8-26)12-20(27)18-10-16(24)11-19(25)22(18)30-23/h3-4,9-11H,5-8,12-13H2,1-2H3. The molecule has 2 aliphatic rings. The quantitative estimate of drug-likeness (QED) is 0.662. The van der Waals surface area contributed by atoms with Gasteiger partial charge in [0.25, 0.3) is 5.91 Å². The molecular formula is C23H23Cl2NO4. The summed E-state index contributed by atoms with van der Waals surface area (Å²) in [4.78, 5) is 27.1. The summed E-state index contributed by atoms with van der Waals surface area (Å²) in [6.45, 7) is 5.04. The molecule has 1 fully saturated rings. The smallest absolute Gasteiger partial charge is 0.260 e. The summed E-state index contributed by atoms with van der Waals surface area (Å²) in [6.07, 6.45) is 1.39. The third kappa shape index (κ3) is 4.14. The molecule has 7 heteroatoms. The van der Waals surface area contributed by atoms with E-state index < -0.39 is 5.60 Å². The van der Waals surface area contributed by atoms with E-state index in [1.165, 1.54) is 5.56 Å². The van der Waals surface area contributed by atoms with Gasteiger partial charge in [-0.05, 0) is 49.2 Å². The fourth-order valence-corrected chi connectivity index (χ4v) is 4.53. The summed E-state index contributed by atoms with van der Waals surface area (Å²) >= 11 is 12.3. The van der Waals surface area contributed by atoms with Crippen LogP contribution in [0.2, 0.25) is 10.0 Å². The van der Waals surface area contributed by atoms with Crippen LogP contribution in [0.25, 0.3) is 0 Å². The Kier molecular flexibility index (Phi) is 5.69. The second-order valence-corrected chi connectivity index (χ2v) is 8.91. The molecule has 0 N–H and O–H groups in total. The summed E-state index contributed by atoms with van der Waals surface area (Å²) in [5.41, 5.74) is 2.10. The summed E-state index contributed by atoms with van der Waals surface area (Å²) in [5.74, 6) is 0.982. The normalized spacial score (nSPS) is 17.5. The molecule has 0 aliphatic carbocycles. The number of piperidine rings is 1. The van der Waals surface area contributed by atoms with Crippen LogP contribution in [0.1, 0.15) is 40.7 Å². The number of Topliss-reactive ketones (excluding diaryl/α,β-unsaturated/α-hetero) is 1. The zero-order valence-electron chi connectivity index (χ0n) is 17.0. The number of ketones is 1. The highest BCUT2D eigenvalue weighted by Crippen LogP contribution is 2.44. The molecule has 5 nitrogen and oxygen atoms in total. The van der Waals surface area contributed by atoms with Gasteiger partial charge in [0.1, 0.15) is 17.1 Å². The molecule has 1 spiro atoms. The number of amides is 1. The lowest BCUT2D eigenvalue weighted by molar-refractivity contribution is -0.136. The van der Waals surface area contributed by atoms with Gasteiger partial charge in [-0.25, -0.2) is 0 Å². The van der Waals surface area contributed by atoms with Gasteiger partial charge in [0.15, 0.2) is 12.4 Å². The molecule has 30 heavy (non-hydrogen) atoms. The van der Waals surface area contributed by atoms with Crippen molar-refractivity contribution in [2.45, 2.75) is 38.7 Å². The topological polar surface area (TPSA) is 55.8 Å². The monoisotopic (exact) mass is 447 g/mol. The van der Waals surface area contributed by atoms with E-state index in [0.29, 0.717) is 53.0 Å². The van der Waals surface area contributed by atoms with Crippen molar-refractivity contribution in [3.8, 4) is 11.5 Å². The molecule has 2 heterocycles. The van der Waals surface area contributed by atoms with Crippen LogP contribution in [0.5, 0.6) is 11.5 Å². The molecule has 0 saturated carbocycles. The first-order valence-electron chi connectivity index (χ1n) is 9.95. The van der Waals surface area contributed by atoms with Gasteiger partial charge in [-0.2, -0.15) is 0 Å². The van der Waals surface area contributed by atoms with Crippen LogP contribution in [-0.4, -0.2) is 41.9 Å². The average Bonchev–Trinajstić information content (AvgIpc) is 2.70. The average molecular weight is 448 g/mol. The minimum atomic E-state index is -0.632. The van der Waals surface area contributed by atoms with Gasteiger partial charge in [-0.15, -0.1) is 0 Å². The number of carbonyl (C=O) groups excluding carboxylic acids is 2. The van der Waals surface area contributed by atoms with E-state index in [-0.39, 0.29) is 24.7 Å². The van der Waals surface area contributed by atoms with Crippen molar-refractivity contribution < 1.29 is 19.1 Å². The number of hydrogen-bond acceptors (Lipinski definition) is 4. The lowest BCUT2D eigenvalue weighted by Gasteiger charge is -2.44. The molecule has 4 rings (SSSR count). The predicted octanol–water partition coefficient (Wildman–Crippen LogP) is 5.02. The summed E-state index contributed by atoms with van der Waals surface area (Å²) < 4.78 is 11.9. The molecule has 158 valence electrons. The molecule has 0 bridgehead atoms. The zero-order chi connectivity index (χ0) is 21.5. The number of carbonyl (C=O) groups is 2. The van der Waals surface area contributed by atoms with Crippen LogP contribution < -0.4 is 9.47 Å². The largest absolute Gasteiger partial charge is 0.484 e. The molecular weight excluding hydrogens is 425 g/mol. The first-order chi connectivity index (χ1) is 14.3. The highest BCUT2D eigenvalue weighted by molar-refractivity contribution is 6.36. The van der Waals surface area contributed by atoms with E-state index in [9.17, 15) is 9.59 Å². The van der Waals surface area contributed by atoms with E-state index in [4.69, 9.17) is 32.7 Å². The van der Waals surface area contributed by atoms with Crippen molar-refractivity contribution in [1.29, 1.82) is 0 Å². The van der Waals surface area contributed by atoms with E-state index in [2.05, 4.69) is 0 Å². The van der Waals surface area contributed by atoms with E-state index in [0.717, 1.165) is 5.56 Å². The SMILES string of the molecule is Cc1ccc(OCC(=O)N2CCC3(CC2)CC(=O)c2cc(Cl)cc(Cl)c2O3)cc1C. The third-order valence-corrected chi connectivity index (χ3v) is 6.48. The van der Waals surface area contributed by atoms with Crippen molar-refractivity contribution in [2.24, 2.45) is 0 Å². The first-order valence-corrected chi connectivity index (χ1v) is 10.7. The van der Waals surface area contributed by atoms with Gasteiger partial charge in [0.2, 0.25) is 0 Å². The van der Waals surface area contributed by atoms with Gasteiger partial charge < -0.3 is 14.4 Å². The summed E-state index contributed by atoms with van der Waals surface area (Å²) in [5, 5.41) is 0.751. The van der Waals surface area contributed by atoms with Crippen LogP contribution in [0.15, 0.2) is 30.3 Å². The highest BCUT2D eigenvalue weighted by Gasteiger charge is 2.44. The number of ether oxygens (including phenoxy) is 2. The fourth-order valence-electron chi connectivity index (χ4n) is 3.99. The van der Waals surface area contributed by atoms with Gasteiger partial charge in [0, 0.05) is 31.0 Å². The molecule has 2 aromatic carbocycles. The minimum absolute atomic E-state index is 0.0115. The van der Waals surface area contributed by atoms with Crippen LogP contribution in [0, 0.1) is 13.8 Å². The number of hydrogen-bond donors (Lipinski definition) is 0. The van der Waals surface area contributed by atoms with Crippen molar-refractivity contribution in [2.75, 3.05) is 19.7 Å². The number of halogens is 2. The number of fused-ring (bicyclic) bond motifs is 1. The molecule has 0 radical (unpaired) electrons. The molecule has 0 atom stereocenters. The van der Waals surface area contributed by atoms with Crippen LogP contribution >= 0.6 is 23.2 Å². The molecule has 1 amide bonds. The summed E-state index contributed by atoms with van der Waals surface area (Å²) in [7, 11) is 0. The Morgan fingerprint density at radius 2 is 1.87 bits per heavy atom. The predicted molar refractivity (Wildman–Crippen MR) is 116 cm³/mol. The maximum absolute atomic E-state index is 12.7. The fraction of sp³-hybridized carbons (Fsp3) is 0.391. The third-order valence-electron chi connectivity index (χ3n) is 5.98. The number of benzene rings is 2. The number of aryl methyl sites for hydroxylation is 2. The van der Waals surface area contributed by atoms with Crippen LogP contribution in [0.4, 0.5) is 0 Å². The maximum atomic E-state index is 12.7. The van der Waals surface area contributed by atoms with E-state index in [1.54, 1.807) is 17.0 Å². The molecule has 1 saturated heterocycles. The van der Waals surface area contributed by atoms with Crippen molar-refractivity contribution in [1.82, 2.24) is 4.90 Å². The lowest BCUT2D eigenvalue weighted by Crippen LogP contribution is -2.53. The Labute approximate surface area is 185 Å². The van der Waals surface area contributed by atoms with Crippen LogP contribution in [0.3, 0.4) is 0 Å². The van der Waals surface area contributed by atoms with Gasteiger partial charge >= 0.3 is 0 Å². The van der Waals surface area contributed by atoms with E-state index in [1.807, 2.05) is 32.0 Å². The first kappa shape index (κ1) is 21.0. The van der Waals surface area contributed by atoms with Crippen LogP contribution in [-0.2, 0) is 4.79 Å².